The Bertz CT molecular complexity index is 588. The van der Waals surface area contributed by atoms with Crippen LogP contribution in [0.5, 0.6) is 0 Å². The van der Waals surface area contributed by atoms with Crippen LogP contribution >= 0.6 is 0 Å². The molecule has 2 aromatic heterocycles. The fraction of sp³-hybridized carbons (Fsp3) is 0.250. The van der Waals surface area contributed by atoms with Gasteiger partial charge in [-0.3, -0.25) is 14.9 Å². The number of carboxylic acid groups (broad SMARTS) is 1. The second-order valence-corrected chi connectivity index (χ2v) is 3.30. The number of aliphatic carboxylic acids is 1. The van der Waals surface area contributed by atoms with Crippen LogP contribution in [-0.2, 0) is 11.3 Å². The maximum absolute atomic E-state index is 11.6. The summed E-state index contributed by atoms with van der Waals surface area (Å²) >= 11 is 0. The standard InChI is InChI=1S/C8H8N6O4/c1-4-9-8(18-12-4)10-7(17)5-2-14(13-11-5)3-6(15)16/h2H,3H2,1H3,(H,15,16)(H,9,10,12,17). The van der Waals surface area contributed by atoms with Gasteiger partial charge in [0, 0.05) is 0 Å². The summed E-state index contributed by atoms with van der Waals surface area (Å²) in [7, 11) is 0. The van der Waals surface area contributed by atoms with Crippen molar-refractivity contribution in [1.29, 1.82) is 0 Å². The van der Waals surface area contributed by atoms with Gasteiger partial charge in [0.2, 0.25) is 0 Å². The van der Waals surface area contributed by atoms with E-state index in [0.29, 0.717) is 5.82 Å². The van der Waals surface area contributed by atoms with E-state index in [1.54, 1.807) is 6.92 Å². The number of hydrogen-bond donors (Lipinski definition) is 2. The minimum absolute atomic E-state index is 0.0490. The molecule has 0 aliphatic rings. The highest BCUT2D eigenvalue weighted by Crippen LogP contribution is 2.04. The van der Waals surface area contributed by atoms with E-state index in [-0.39, 0.29) is 18.3 Å². The van der Waals surface area contributed by atoms with Gasteiger partial charge < -0.3 is 9.63 Å². The van der Waals surface area contributed by atoms with Gasteiger partial charge in [-0.05, 0) is 6.92 Å². The quantitative estimate of drug-likeness (QED) is 0.729. The zero-order valence-electron chi connectivity index (χ0n) is 9.19. The van der Waals surface area contributed by atoms with Crippen LogP contribution in [0.1, 0.15) is 16.3 Å². The minimum atomic E-state index is -1.08. The molecule has 2 heterocycles. The first-order valence-corrected chi connectivity index (χ1v) is 4.78. The molecule has 1 amide bonds. The van der Waals surface area contributed by atoms with Gasteiger partial charge in [0.15, 0.2) is 11.5 Å². The van der Waals surface area contributed by atoms with Crippen molar-refractivity contribution in [3.05, 3.63) is 17.7 Å². The van der Waals surface area contributed by atoms with Crippen molar-refractivity contribution < 1.29 is 19.2 Å². The fourth-order valence-electron chi connectivity index (χ4n) is 1.13. The van der Waals surface area contributed by atoms with E-state index in [0.717, 1.165) is 4.68 Å². The SMILES string of the molecule is Cc1noc(NC(=O)c2cn(CC(=O)O)nn2)n1. The smallest absolute Gasteiger partial charge is 0.328 e. The van der Waals surface area contributed by atoms with E-state index in [9.17, 15) is 9.59 Å². The number of amides is 1. The molecule has 0 fully saturated rings. The zero-order valence-corrected chi connectivity index (χ0v) is 9.19. The molecule has 0 spiro atoms. The Morgan fingerprint density at radius 1 is 1.56 bits per heavy atom. The molecular formula is C8H8N6O4. The topological polar surface area (TPSA) is 136 Å². The van der Waals surface area contributed by atoms with Gasteiger partial charge in [0.25, 0.3) is 5.91 Å². The predicted molar refractivity (Wildman–Crippen MR) is 54.6 cm³/mol. The highest BCUT2D eigenvalue weighted by Gasteiger charge is 2.14. The first-order chi connectivity index (χ1) is 8.54. The van der Waals surface area contributed by atoms with Gasteiger partial charge in [-0.2, -0.15) is 4.98 Å². The number of carbonyl (C=O) groups is 2. The summed E-state index contributed by atoms with van der Waals surface area (Å²) in [6.07, 6.45) is 1.20. The maximum Gasteiger partial charge on any atom is 0.328 e. The average molecular weight is 252 g/mol. The summed E-state index contributed by atoms with van der Waals surface area (Å²) in [5.74, 6) is -1.32. The summed E-state index contributed by atoms with van der Waals surface area (Å²) in [5.41, 5.74) is -0.0490. The van der Waals surface area contributed by atoms with Crippen LogP contribution in [0.25, 0.3) is 0 Å². The van der Waals surface area contributed by atoms with E-state index in [2.05, 4.69) is 30.3 Å². The molecule has 0 unspecified atom stereocenters. The lowest BCUT2D eigenvalue weighted by Crippen LogP contribution is -2.13. The highest BCUT2D eigenvalue weighted by atomic mass is 16.5. The maximum atomic E-state index is 11.6. The van der Waals surface area contributed by atoms with Crippen LogP contribution in [0.4, 0.5) is 6.01 Å². The Labute approximate surface area is 99.6 Å². The molecule has 0 aliphatic heterocycles. The van der Waals surface area contributed by atoms with Crippen LogP contribution in [0, 0.1) is 6.92 Å². The van der Waals surface area contributed by atoms with Crippen molar-refractivity contribution in [2.45, 2.75) is 13.5 Å². The summed E-state index contributed by atoms with van der Waals surface area (Å²) < 4.78 is 5.71. The van der Waals surface area contributed by atoms with Gasteiger partial charge in [-0.25, -0.2) is 4.68 Å². The Kier molecular flexibility index (Phi) is 3.00. The van der Waals surface area contributed by atoms with Gasteiger partial charge in [-0.15, -0.1) is 5.10 Å². The number of nitrogens with zero attached hydrogens (tertiary/aromatic N) is 5. The minimum Gasteiger partial charge on any atom is -0.480 e. The monoisotopic (exact) mass is 252 g/mol. The number of aryl methyl sites for hydroxylation is 1. The van der Waals surface area contributed by atoms with E-state index in [1.807, 2.05) is 0 Å². The molecule has 2 rings (SSSR count). The second-order valence-electron chi connectivity index (χ2n) is 3.30. The van der Waals surface area contributed by atoms with Gasteiger partial charge in [-0.1, -0.05) is 10.4 Å². The van der Waals surface area contributed by atoms with Crippen LogP contribution in [0.2, 0.25) is 0 Å². The third kappa shape index (κ3) is 2.66. The number of anilines is 1. The molecule has 18 heavy (non-hydrogen) atoms. The van der Waals surface area contributed by atoms with Gasteiger partial charge >= 0.3 is 12.0 Å². The summed E-state index contributed by atoms with van der Waals surface area (Å²) in [6, 6.07) is -0.0646. The van der Waals surface area contributed by atoms with Crippen LogP contribution in [0.3, 0.4) is 0 Å². The van der Waals surface area contributed by atoms with E-state index >= 15 is 0 Å². The summed E-state index contributed by atoms with van der Waals surface area (Å²) in [6.45, 7) is 1.22. The molecule has 0 saturated heterocycles. The lowest BCUT2D eigenvalue weighted by Gasteiger charge is -1.94. The zero-order chi connectivity index (χ0) is 13.1. The Balaban J connectivity index is 2.05. The van der Waals surface area contributed by atoms with Crippen molar-refractivity contribution in [2.24, 2.45) is 0 Å². The molecule has 10 nitrogen and oxygen atoms in total. The third-order valence-electron chi connectivity index (χ3n) is 1.82. The number of hydrogen-bond acceptors (Lipinski definition) is 7. The first-order valence-electron chi connectivity index (χ1n) is 4.78. The number of carbonyl (C=O) groups excluding carboxylic acids is 1. The van der Waals surface area contributed by atoms with Crippen molar-refractivity contribution in [3.63, 3.8) is 0 Å². The van der Waals surface area contributed by atoms with Crippen molar-refractivity contribution in [1.82, 2.24) is 25.1 Å². The van der Waals surface area contributed by atoms with Crippen LogP contribution in [0.15, 0.2) is 10.7 Å². The molecule has 2 aromatic rings. The van der Waals surface area contributed by atoms with E-state index < -0.39 is 11.9 Å². The largest absolute Gasteiger partial charge is 0.480 e. The Hall–Kier alpha value is -2.78. The third-order valence-corrected chi connectivity index (χ3v) is 1.82. The van der Waals surface area contributed by atoms with Crippen molar-refractivity contribution in [3.8, 4) is 0 Å². The summed E-state index contributed by atoms with van der Waals surface area (Å²) in [4.78, 5) is 25.8. The highest BCUT2D eigenvalue weighted by molar-refractivity contribution is 6.01. The Morgan fingerprint density at radius 2 is 2.33 bits per heavy atom. The van der Waals surface area contributed by atoms with Crippen LogP contribution in [-0.4, -0.2) is 42.1 Å². The second kappa shape index (κ2) is 4.61. The molecule has 10 heteroatoms. The van der Waals surface area contributed by atoms with E-state index in [1.165, 1.54) is 6.20 Å². The number of aromatic nitrogens is 5. The predicted octanol–water partition coefficient (Wildman–Crippen LogP) is -0.694. The molecule has 0 saturated carbocycles. The molecule has 2 N–H and O–H groups in total. The Morgan fingerprint density at radius 3 is 2.94 bits per heavy atom. The van der Waals surface area contributed by atoms with Crippen molar-refractivity contribution in [2.75, 3.05) is 5.32 Å². The molecule has 0 aromatic carbocycles. The fourth-order valence-corrected chi connectivity index (χ4v) is 1.13. The molecule has 0 radical (unpaired) electrons. The molecule has 0 aliphatic carbocycles. The van der Waals surface area contributed by atoms with Crippen molar-refractivity contribution >= 4 is 17.9 Å². The van der Waals surface area contributed by atoms with Gasteiger partial charge in [0.05, 0.1) is 6.20 Å². The summed E-state index contributed by atoms with van der Waals surface area (Å²) in [5, 5.41) is 21.3. The molecule has 0 bridgehead atoms. The average Bonchev–Trinajstić information content (AvgIpc) is 2.87. The number of carboxylic acids is 1. The number of rotatable bonds is 4. The number of nitrogens with one attached hydrogen (secondary N) is 1. The van der Waals surface area contributed by atoms with E-state index in [4.69, 9.17) is 5.11 Å². The lowest BCUT2D eigenvalue weighted by molar-refractivity contribution is -0.137. The van der Waals surface area contributed by atoms with Gasteiger partial charge in [0.1, 0.15) is 6.54 Å². The molecular weight excluding hydrogens is 244 g/mol. The normalized spacial score (nSPS) is 10.3. The van der Waals surface area contributed by atoms with Crippen LogP contribution < -0.4 is 5.32 Å². The molecule has 0 atom stereocenters. The molecule has 94 valence electrons. The lowest BCUT2D eigenvalue weighted by atomic mass is 10.4. The first kappa shape index (κ1) is 11.7.